The van der Waals surface area contributed by atoms with Gasteiger partial charge in [-0.15, -0.1) is 0 Å². The minimum absolute atomic E-state index is 0.0146. The maximum Gasteiger partial charge on any atom is 0.416 e. The van der Waals surface area contributed by atoms with Crippen molar-refractivity contribution in [1.82, 2.24) is 5.32 Å². The maximum absolute atomic E-state index is 12.7. The summed E-state index contributed by atoms with van der Waals surface area (Å²) in [5, 5.41) is 3.43. The van der Waals surface area contributed by atoms with Crippen LogP contribution in [0.3, 0.4) is 0 Å². The highest BCUT2D eigenvalue weighted by Gasteiger charge is 2.30. The van der Waals surface area contributed by atoms with Gasteiger partial charge in [-0.05, 0) is 30.7 Å². The number of amides is 1. The number of nitrogens with one attached hydrogen (secondary N) is 1. The molecule has 2 aromatic carbocycles. The molecule has 0 aliphatic heterocycles. The molecule has 1 aromatic heterocycles. The fraction of sp³-hybridized carbons (Fsp3) is 0.167. The van der Waals surface area contributed by atoms with E-state index in [9.17, 15) is 18.0 Å². The first-order valence-electron chi connectivity index (χ1n) is 7.29. The summed E-state index contributed by atoms with van der Waals surface area (Å²) in [5.74, 6) is -0.288. The molecule has 1 heterocycles. The third-order valence-corrected chi connectivity index (χ3v) is 3.76. The molecule has 0 fully saturated rings. The lowest BCUT2D eigenvalue weighted by molar-refractivity contribution is -0.137. The van der Waals surface area contributed by atoms with E-state index in [4.69, 9.17) is 4.42 Å². The van der Waals surface area contributed by atoms with Crippen LogP contribution >= 0.6 is 0 Å². The quantitative estimate of drug-likeness (QED) is 0.755. The number of fused-ring (bicyclic) bond motifs is 1. The minimum Gasteiger partial charge on any atom is -0.451 e. The molecule has 0 atom stereocenters. The van der Waals surface area contributed by atoms with Crippen molar-refractivity contribution in [2.24, 2.45) is 0 Å². The molecule has 24 heavy (non-hydrogen) atoms. The summed E-state index contributed by atoms with van der Waals surface area (Å²) < 4.78 is 43.6. The SMILES string of the molecule is Cc1c(C(=O)NCc2cccc(C(F)(F)F)c2)oc2ccccc12. The number of hydrogen-bond acceptors (Lipinski definition) is 2. The molecule has 3 aromatic rings. The molecule has 3 rings (SSSR count). The van der Waals surface area contributed by atoms with Crippen molar-refractivity contribution in [3.63, 3.8) is 0 Å². The summed E-state index contributed by atoms with van der Waals surface area (Å²) in [7, 11) is 0. The van der Waals surface area contributed by atoms with Gasteiger partial charge in [0.25, 0.3) is 5.91 Å². The Morgan fingerprint density at radius 2 is 1.88 bits per heavy atom. The number of carbonyl (C=O) groups excluding carboxylic acids is 1. The van der Waals surface area contributed by atoms with Crippen LogP contribution in [-0.2, 0) is 12.7 Å². The Morgan fingerprint density at radius 1 is 1.12 bits per heavy atom. The van der Waals surface area contributed by atoms with Crippen LogP contribution in [0.25, 0.3) is 11.0 Å². The second-order valence-electron chi connectivity index (χ2n) is 5.43. The van der Waals surface area contributed by atoms with Crippen molar-refractivity contribution < 1.29 is 22.4 Å². The van der Waals surface area contributed by atoms with Crippen LogP contribution in [0.1, 0.15) is 27.2 Å². The molecule has 0 spiro atoms. The molecule has 0 aliphatic carbocycles. The zero-order valence-electron chi connectivity index (χ0n) is 12.8. The van der Waals surface area contributed by atoms with Gasteiger partial charge in [0.2, 0.25) is 0 Å². The van der Waals surface area contributed by atoms with E-state index in [1.165, 1.54) is 12.1 Å². The van der Waals surface area contributed by atoms with E-state index < -0.39 is 17.6 Å². The topological polar surface area (TPSA) is 42.2 Å². The van der Waals surface area contributed by atoms with Crippen LogP contribution in [0, 0.1) is 6.92 Å². The lowest BCUT2D eigenvalue weighted by Crippen LogP contribution is -2.23. The van der Waals surface area contributed by atoms with E-state index in [1.54, 1.807) is 19.1 Å². The third kappa shape index (κ3) is 3.13. The van der Waals surface area contributed by atoms with Gasteiger partial charge in [0.15, 0.2) is 5.76 Å². The largest absolute Gasteiger partial charge is 0.451 e. The van der Waals surface area contributed by atoms with Gasteiger partial charge in [-0.25, -0.2) is 0 Å². The molecule has 0 unspecified atom stereocenters. The molecule has 0 saturated carbocycles. The number of aryl methyl sites for hydroxylation is 1. The average molecular weight is 333 g/mol. The third-order valence-electron chi connectivity index (χ3n) is 3.76. The van der Waals surface area contributed by atoms with Crippen LogP contribution < -0.4 is 5.32 Å². The Balaban J connectivity index is 1.77. The van der Waals surface area contributed by atoms with Crippen LogP contribution in [0.4, 0.5) is 13.2 Å². The van der Waals surface area contributed by atoms with Crippen molar-refractivity contribution in [3.8, 4) is 0 Å². The van der Waals surface area contributed by atoms with E-state index in [0.29, 0.717) is 16.7 Å². The highest BCUT2D eigenvalue weighted by molar-refractivity contribution is 5.98. The first kappa shape index (κ1) is 16.1. The van der Waals surface area contributed by atoms with Gasteiger partial charge < -0.3 is 9.73 Å². The smallest absolute Gasteiger partial charge is 0.416 e. The molecule has 0 aliphatic rings. The Kier molecular flexibility index (Phi) is 4.05. The molecule has 1 amide bonds. The molecule has 124 valence electrons. The summed E-state index contributed by atoms with van der Waals surface area (Å²) in [6, 6.07) is 12.1. The van der Waals surface area contributed by atoms with Crippen molar-refractivity contribution in [1.29, 1.82) is 0 Å². The highest BCUT2D eigenvalue weighted by Crippen LogP contribution is 2.29. The predicted molar refractivity (Wildman–Crippen MR) is 83.6 cm³/mol. The Labute approximate surface area is 136 Å². The first-order valence-corrected chi connectivity index (χ1v) is 7.29. The number of hydrogen-bond donors (Lipinski definition) is 1. The molecule has 0 radical (unpaired) electrons. The molecular formula is C18H14F3NO2. The van der Waals surface area contributed by atoms with E-state index >= 15 is 0 Å². The highest BCUT2D eigenvalue weighted by atomic mass is 19.4. The predicted octanol–water partition coefficient (Wildman–Crippen LogP) is 4.69. The number of halogens is 3. The fourth-order valence-electron chi connectivity index (χ4n) is 2.51. The second kappa shape index (κ2) is 6.03. The van der Waals surface area contributed by atoms with Crippen LogP contribution in [0.15, 0.2) is 52.9 Å². The van der Waals surface area contributed by atoms with Crippen LogP contribution in [0.2, 0.25) is 0 Å². The van der Waals surface area contributed by atoms with Gasteiger partial charge in [0, 0.05) is 17.5 Å². The van der Waals surface area contributed by atoms with Gasteiger partial charge in [-0.1, -0.05) is 30.3 Å². The minimum atomic E-state index is -4.41. The zero-order valence-corrected chi connectivity index (χ0v) is 12.8. The van der Waals surface area contributed by atoms with Crippen molar-refractivity contribution >= 4 is 16.9 Å². The van der Waals surface area contributed by atoms with Crippen LogP contribution in [0.5, 0.6) is 0 Å². The van der Waals surface area contributed by atoms with Gasteiger partial charge in [0.1, 0.15) is 5.58 Å². The van der Waals surface area contributed by atoms with Crippen molar-refractivity contribution in [2.45, 2.75) is 19.6 Å². The number of carbonyl (C=O) groups is 1. The van der Waals surface area contributed by atoms with E-state index in [0.717, 1.165) is 17.5 Å². The Bertz CT molecular complexity index is 897. The van der Waals surface area contributed by atoms with Gasteiger partial charge in [-0.3, -0.25) is 4.79 Å². The summed E-state index contributed by atoms with van der Waals surface area (Å²) in [6.07, 6.45) is -4.41. The van der Waals surface area contributed by atoms with E-state index in [1.807, 2.05) is 12.1 Å². The Hall–Kier alpha value is -2.76. The van der Waals surface area contributed by atoms with Crippen molar-refractivity contribution in [2.75, 3.05) is 0 Å². The maximum atomic E-state index is 12.7. The van der Waals surface area contributed by atoms with Crippen molar-refractivity contribution in [3.05, 3.63) is 71.0 Å². The van der Waals surface area contributed by atoms with Gasteiger partial charge in [0.05, 0.1) is 5.56 Å². The average Bonchev–Trinajstić information content (AvgIpc) is 2.90. The number of alkyl halides is 3. The summed E-state index contributed by atoms with van der Waals surface area (Å²) in [4.78, 5) is 12.3. The normalized spacial score (nSPS) is 11.7. The lowest BCUT2D eigenvalue weighted by atomic mass is 10.1. The number of para-hydroxylation sites is 1. The standard InChI is InChI=1S/C18H14F3NO2/c1-11-14-7-2-3-8-15(14)24-16(11)17(23)22-10-12-5-4-6-13(9-12)18(19,20)21/h2-9H,10H2,1H3,(H,22,23). The fourth-order valence-corrected chi connectivity index (χ4v) is 2.51. The first-order chi connectivity index (χ1) is 11.4. The van der Waals surface area contributed by atoms with E-state index in [-0.39, 0.29) is 12.3 Å². The summed E-state index contributed by atoms with van der Waals surface area (Å²) in [6.45, 7) is 1.75. The second-order valence-corrected chi connectivity index (χ2v) is 5.43. The molecular weight excluding hydrogens is 319 g/mol. The molecule has 0 saturated heterocycles. The molecule has 1 N–H and O–H groups in total. The van der Waals surface area contributed by atoms with E-state index in [2.05, 4.69) is 5.32 Å². The molecule has 0 bridgehead atoms. The van der Waals surface area contributed by atoms with Gasteiger partial charge in [-0.2, -0.15) is 13.2 Å². The lowest BCUT2D eigenvalue weighted by Gasteiger charge is -2.09. The van der Waals surface area contributed by atoms with Crippen LogP contribution in [-0.4, -0.2) is 5.91 Å². The zero-order chi connectivity index (χ0) is 17.3. The number of benzene rings is 2. The summed E-state index contributed by atoms with van der Waals surface area (Å²) in [5.41, 5.74) is 0.924. The number of furan rings is 1. The molecule has 3 nitrogen and oxygen atoms in total. The Morgan fingerprint density at radius 3 is 2.58 bits per heavy atom. The van der Waals surface area contributed by atoms with Gasteiger partial charge >= 0.3 is 6.18 Å². The molecule has 6 heteroatoms. The monoisotopic (exact) mass is 333 g/mol. The number of rotatable bonds is 3. The summed E-state index contributed by atoms with van der Waals surface area (Å²) >= 11 is 0.